The van der Waals surface area contributed by atoms with Crippen molar-refractivity contribution in [3.63, 3.8) is 0 Å². The fraction of sp³-hybridized carbons (Fsp3) is 0.706. The van der Waals surface area contributed by atoms with Crippen molar-refractivity contribution in [3.8, 4) is 0 Å². The minimum Gasteiger partial charge on any atom is -0.349 e. The van der Waals surface area contributed by atoms with E-state index in [0.717, 1.165) is 17.8 Å². The van der Waals surface area contributed by atoms with Crippen LogP contribution in [0.3, 0.4) is 0 Å². The van der Waals surface area contributed by atoms with Gasteiger partial charge in [-0.15, -0.1) is 11.3 Å². The Morgan fingerprint density at radius 2 is 1.77 bits per heavy atom. The number of amides is 1. The van der Waals surface area contributed by atoms with E-state index in [9.17, 15) is 4.79 Å². The summed E-state index contributed by atoms with van der Waals surface area (Å²) in [6, 6.07) is 1.89. The molecule has 22 heavy (non-hydrogen) atoms. The van der Waals surface area contributed by atoms with Crippen LogP contribution in [0.2, 0.25) is 8.67 Å². The maximum Gasteiger partial charge on any atom is 0.253 e. The number of carbonyl (C=O) groups is 1. The number of thiophene rings is 1. The van der Waals surface area contributed by atoms with Gasteiger partial charge in [0.05, 0.1) is 9.90 Å². The minimum atomic E-state index is -0.0728. The Labute approximate surface area is 145 Å². The summed E-state index contributed by atoms with van der Waals surface area (Å²) in [7, 11) is 0. The highest BCUT2D eigenvalue weighted by Gasteiger charge is 2.53. The second kappa shape index (κ2) is 5.39. The Morgan fingerprint density at radius 1 is 1.23 bits per heavy atom. The lowest BCUT2D eigenvalue weighted by Gasteiger charge is -2.59. The third-order valence-electron chi connectivity index (χ3n) is 6.25. The summed E-state index contributed by atoms with van der Waals surface area (Å²) >= 11 is 13.3. The lowest BCUT2D eigenvalue weighted by molar-refractivity contribution is -0.0687. The molecule has 0 aromatic carbocycles. The number of halogens is 2. The van der Waals surface area contributed by atoms with Crippen LogP contribution < -0.4 is 5.32 Å². The molecule has 4 bridgehead atoms. The van der Waals surface area contributed by atoms with Gasteiger partial charge in [-0.2, -0.15) is 0 Å². The van der Waals surface area contributed by atoms with Gasteiger partial charge < -0.3 is 5.32 Å². The predicted molar refractivity (Wildman–Crippen MR) is 91.9 cm³/mol. The summed E-state index contributed by atoms with van der Waals surface area (Å²) < 4.78 is 1.05. The Balaban J connectivity index is 1.51. The number of rotatable bonds is 3. The molecule has 0 spiro atoms. The zero-order chi connectivity index (χ0) is 15.5. The Hall–Kier alpha value is -0.250. The largest absolute Gasteiger partial charge is 0.349 e. The zero-order valence-electron chi connectivity index (χ0n) is 12.7. The maximum absolute atomic E-state index is 12.5. The van der Waals surface area contributed by atoms with E-state index >= 15 is 0 Å². The Morgan fingerprint density at radius 3 is 2.23 bits per heavy atom. The fourth-order valence-electron chi connectivity index (χ4n) is 5.63. The van der Waals surface area contributed by atoms with E-state index in [0.29, 0.717) is 19.7 Å². The highest BCUT2D eigenvalue weighted by molar-refractivity contribution is 7.20. The topological polar surface area (TPSA) is 29.1 Å². The first kappa shape index (κ1) is 15.3. The van der Waals surface area contributed by atoms with Crippen molar-refractivity contribution in [2.24, 2.45) is 23.2 Å². The average molecular weight is 358 g/mol. The van der Waals surface area contributed by atoms with Crippen molar-refractivity contribution in [1.82, 2.24) is 5.32 Å². The molecule has 0 saturated heterocycles. The molecule has 4 aliphatic rings. The first-order valence-electron chi connectivity index (χ1n) is 8.21. The Kier molecular flexibility index (Phi) is 3.75. The molecule has 0 aliphatic heterocycles. The molecule has 1 aromatic heterocycles. The molecule has 0 unspecified atom stereocenters. The van der Waals surface area contributed by atoms with Gasteiger partial charge in [-0.1, -0.05) is 23.2 Å². The summed E-state index contributed by atoms with van der Waals surface area (Å²) in [6.07, 6.45) is 8.14. The summed E-state index contributed by atoms with van der Waals surface area (Å²) in [5.41, 5.74) is 0.838. The van der Waals surface area contributed by atoms with E-state index in [1.54, 1.807) is 6.07 Å². The summed E-state index contributed by atoms with van der Waals surface area (Å²) in [5.74, 6) is 2.61. The van der Waals surface area contributed by atoms with Crippen molar-refractivity contribution in [2.45, 2.75) is 51.5 Å². The minimum absolute atomic E-state index is 0.0728. The molecule has 1 heterocycles. The third kappa shape index (κ3) is 2.50. The van der Waals surface area contributed by atoms with Crippen molar-refractivity contribution < 1.29 is 4.79 Å². The maximum atomic E-state index is 12.5. The molecular formula is C17H21Cl2NOS. The van der Waals surface area contributed by atoms with Crippen LogP contribution in [0.1, 0.15) is 55.8 Å². The second-order valence-electron chi connectivity index (χ2n) is 7.71. The van der Waals surface area contributed by atoms with Crippen LogP contribution in [0.5, 0.6) is 0 Å². The van der Waals surface area contributed by atoms with Crippen LogP contribution in [-0.4, -0.2) is 11.9 Å². The van der Waals surface area contributed by atoms with Crippen LogP contribution >= 0.6 is 34.5 Å². The van der Waals surface area contributed by atoms with Gasteiger partial charge in [-0.05, 0) is 74.7 Å². The normalized spacial score (nSPS) is 37.3. The monoisotopic (exact) mass is 357 g/mol. The van der Waals surface area contributed by atoms with E-state index in [-0.39, 0.29) is 11.9 Å². The van der Waals surface area contributed by atoms with Crippen LogP contribution in [0.25, 0.3) is 0 Å². The van der Waals surface area contributed by atoms with Gasteiger partial charge in [0.15, 0.2) is 0 Å². The number of hydrogen-bond acceptors (Lipinski definition) is 2. The first-order valence-corrected chi connectivity index (χ1v) is 9.78. The van der Waals surface area contributed by atoms with E-state index in [4.69, 9.17) is 23.2 Å². The molecule has 120 valence electrons. The van der Waals surface area contributed by atoms with Crippen molar-refractivity contribution in [2.75, 3.05) is 0 Å². The van der Waals surface area contributed by atoms with E-state index in [1.165, 1.54) is 49.9 Å². The molecular weight excluding hydrogens is 337 g/mol. The molecule has 1 aromatic rings. The molecule has 5 heteroatoms. The lowest BCUT2D eigenvalue weighted by atomic mass is 9.48. The van der Waals surface area contributed by atoms with E-state index < -0.39 is 0 Å². The SMILES string of the molecule is C[C@@H](NC(=O)c1cc(Cl)sc1Cl)C12CC3CC(CC(C3)C1)C2. The van der Waals surface area contributed by atoms with E-state index in [2.05, 4.69) is 12.2 Å². The highest BCUT2D eigenvalue weighted by Crippen LogP contribution is 2.61. The van der Waals surface area contributed by atoms with Crippen LogP contribution in [0, 0.1) is 23.2 Å². The molecule has 4 aliphatic carbocycles. The quantitative estimate of drug-likeness (QED) is 0.771. The molecule has 2 nitrogen and oxygen atoms in total. The summed E-state index contributed by atoms with van der Waals surface area (Å²) in [4.78, 5) is 12.5. The molecule has 5 rings (SSSR count). The van der Waals surface area contributed by atoms with Crippen LogP contribution in [0.4, 0.5) is 0 Å². The summed E-state index contributed by atoms with van der Waals surface area (Å²) in [5, 5.41) is 3.23. The van der Waals surface area contributed by atoms with Gasteiger partial charge in [0.2, 0.25) is 0 Å². The predicted octanol–water partition coefficient (Wildman–Crippen LogP) is 5.39. The summed E-state index contributed by atoms with van der Waals surface area (Å²) in [6.45, 7) is 2.19. The standard InChI is InChI=1S/C17H21Cl2NOS/c1-9(20-16(21)13-5-14(18)22-15(13)19)17-6-10-2-11(7-17)4-12(3-10)8-17/h5,9-12H,2-4,6-8H2,1H3,(H,20,21)/t9-,10?,11?,12?,17?/m1/s1. The molecule has 1 amide bonds. The second-order valence-corrected chi connectivity index (χ2v) is 10.00. The third-order valence-corrected chi connectivity index (χ3v) is 7.74. The fourth-order valence-corrected chi connectivity index (χ4v) is 7.09. The van der Waals surface area contributed by atoms with E-state index in [1.807, 2.05) is 0 Å². The average Bonchev–Trinajstić information content (AvgIpc) is 2.76. The van der Waals surface area contributed by atoms with Gasteiger partial charge in [0.25, 0.3) is 5.91 Å². The smallest absolute Gasteiger partial charge is 0.253 e. The molecule has 4 saturated carbocycles. The van der Waals surface area contributed by atoms with Crippen LogP contribution in [-0.2, 0) is 0 Å². The van der Waals surface area contributed by atoms with Gasteiger partial charge in [-0.25, -0.2) is 0 Å². The number of hydrogen-bond donors (Lipinski definition) is 1. The molecule has 0 radical (unpaired) electrons. The Bertz CT molecular complexity index is 577. The van der Waals surface area contributed by atoms with Gasteiger partial charge >= 0.3 is 0 Å². The van der Waals surface area contributed by atoms with Gasteiger partial charge in [0.1, 0.15) is 4.34 Å². The van der Waals surface area contributed by atoms with Crippen molar-refractivity contribution in [3.05, 3.63) is 20.3 Å². The highest BCUT2D eigenvalue weighted by atomic mass is 35.5. The zero-order valence-corrected chi connectivity index (χ0v) is 15.0. The van der Waals surface area contributed by atoms with Crippen molar-refractivity contribution in [1.29, 1.82) is 0 Å². The first-order chi connectivity index (χ1) is 10.4. The lowest BCUT2D eigenvalue weighted by Crippen LogP contribution is -2.55. The van der Waals surface area contributed by atoms with Crippen LogP contribution in [0.15, 0.2) is 6.07 Å². The number of nitrogens with one attached hydrogen (secondary N) is 1. The van der Waals surface area contributed by atoms with Crippen molar-refractivity contribution >= 4 is 40.4 Å². The molecule has 1 N–H and O–H groups in total. The molecule has 1 atom stereocenters. The van der Waals surface area contributed by atoms with Gasteiger partial charge in [0, 0.05) is 6.04 Å². The van der Waals surface area contributed by atoms with Gasteiger partial charge in [-0.3, -0.25) is 4.79 Å². The molecule has 4 fully saturated rings. The number of carbonyl (C=O) groups excluding carboxylic acids is 1.